The summed E-state index contributed by atoms with van der Waals surface area (Å²) in [6, 6.07) is 10.3. The standard InChI is InChI=1S/C25H26F3N3O6S/c1-24(10-11-29-15-24)37-21-12-16(4-7-19(21)25(26,27)28)31-38(32,33)18-6-9-23(30-14-18)36-17-5-8-20(34-2)22(13-17)35-3/h4-9,12-14,29,31H,10-11,15H2,1-3H3/t24-/m1/s1. The van der Waals surface area contributed by atoms with Crippen LogP contribution in [0.3, 0.4) is 0 Å². The highest BCUT2D eigenvalue weighted by molar-refractivity contribution is 7.92. The van der Waals surface area contributed by atoms with Gasteiger partial charge in [-0.05, 0) is 43.8 Å². The summed E-state index contributed by atoms with van der Waals surface area (Å²) < 4.78 is 90.7. The molecule has 0 radical (unpaired) electrons. The van der Waals surface area contributed by atoms with Crippen LogP contribution in [-0.4, -0.2) is 46.3 Å². The fraction of sp³-hybridized carbons (Fsp3) is 0.320. The van der Waals surface area contributed by atoms with Crippen LogP contribution >= 0.6 is 0 Å². The molecule has 0 amide bonds. The second-order valence-electron chi connectivity index (χ2n) is 8.74. The molecule has 1 aromatic heterocycles. The van der Waals surface area contributed by atoms with E-state index in [0.29, 0.717) is 36.8 Å². The van der Waals surface area contributed by atoms with Crippen molar-refractivity contribution in [3.63, 3.8) is 0 Å². The van der Waals surface area contributed by atoms with E-state index in [2.05, 4.69) is 15.0 Å². The quantitative estimate of drug-likeness (QED) is 0.388. The van der Waals surface area contributed by atoms with Gasteiger partial charge in [0.15, 0.2) is 11.5 Å². The van der Waals surface area contributed by atoms with Gasteiger partial charge in [-0.15, -0.1) is 0 Å². The molecule has 0 bridgehead atoms. The van der Waals surface area contributed by atoms with Crippen LogP contribution in [0.4, 0.5) is 18.9 Å². The fourth-order valence-electron chi connectivity index (χ4n) is 3.85. The number of hydrogen-bond donors (Lipinski definition) is 2. The minimum absolute atomic E-state index is 0.0896. The molecule has 9 nitrogen and oxygen atoms in total. The number of hydrogen-bond acceptors (Lipinski definition) is 8. The number of anilines is 1. The SMILES string of the molecule is COc1ccc(Oc2ccc(S(=O)(=O)Nc3ccc(C(F)(F)F)c(O[C@]4(C)CCNC4)c3)cn2)cc1OC. The summed E-state index contributed by atoms with van der Waals surface area (Å²) in [7, 11) is -1.21. The number of alkyl halides is 3. The number of ether oxygens (including phenoxy) is 4. The van der Waals surface area contributed by atoms with Gasteiger partial charge in [0.05, 0.1) is 31.7 Å². The molecule has 2 N–H and O–H groups in total. The maximum atomic E-state index is 13.6. The first kappa shape index (κ1) is 27.3. The summed E-state index contributed by atoms with van der Waals surface area (Å²) in [6.07, 6.45) is -3.10. The zero-order valence-corrected chi connectivity index (χ0v) is 21.6. The van der Waals surface area contributed by atoms with Gasteiger partial charge in [-0.3, -0.25) is 4.72 Å². The summed E-state index contributed by atoms with van der Waals surface area (Å²) in [4.78, 5) is 3.81. The van der Waals surface area contributed by atoms with Gasteiger partial charge in [-0.1, -0.05) is 0 Å². The van der Waals surface area contributed by atoms with Crippen molar-refractivity contribution >= 4 is 15.7 Å². The molecule has 0 saturated carbocycles. The van der Waals surface area contributed by atoms with Crippen LogP contribution in [0.5, 0.6) is 28.9 Å². The third-order valence-corrected chi connectivity index (χ3v) is 7.19. The van der Waals surface area contributed by atoms with Crippen LogP contribution in [0.25, 0.3) is 0 Å². The van der Waals surface area contributed by atoms with Crippen LogP contribution in [-0.2, 0) is 16.2 Å². The Hall–Kier alpha value is -3.71. The maximum Gasteiger partial charge on any atom is 0.419 e. The zero-order chi connectivity index (χ0) is 27.6. The third kappa shape index (κ3) is 6.22. The Balaban J connectivity index is 1.53. The van der Waals surface area contributed by atoms with Crippen LogP contribution in [0, 0.1) is 0 Å². The van der Waals surface area contributed by atoms with Crippen molar-refractivity contribution in [3.05, 3.63) is 60.3 Å². The fourth-order valence-corrected chi connectivity index (χ4v) is 4.85. The van der Waals surface area contributed by atoms with Crippen LogP contribution in [0.1, 0.15) is 18.9 Å². The first-order valence-corrected chi connectivity index (χ1v) is 12.9. The largest absolute Gasteiger partial charge is 0.493 e. The van der Waals surface area contributed by atoms with Crippen molar-refractivity contribution in [2.45, 2.75) is 30.0 Å². The molecule has 1 aliphatic rings. The van der Waals surface area contributed by atoms with Crippen molar-refractivity contribution in [2.24, 2.45) is 0 Å². The number of halogens is 3. The molecule has 2 heterocycles. The molecular formula is C25H26F3N3O6S. The smallest absolute Gasteiger partial charge is 0.419 e. The summed E-state index contributed by atoms with van der Waals surface area (Å²) in [5.41, 5.74) is -1.94. The van der Waals surface area contributed by atoms with Crippen molar-refractivity contribution in [1.82, 2.24) is 10.3 Å². The van der Waals surface area contributed by atoms with Gasteiger partial charge in [0.1, 0.15) is 22.0 Å². The molecular weight excluding hydrogens is 527 g/mol. The average Bonchev–Trinajstić information content (AvgIpc) is 3.29. The van der Waals surface area contributed by atoms with Gasteiger partial charge in [-0.2, -0.15) is 13.2 Å². The second kappa shape index (κ2) is 10.6. The average molecular weight is 554 g/mol. The van der Waals surface area contributed by atoms with Gasteiger partial charge < -0.3 is 24.3 Å². The lowest BCUT2D eigenvalue weighted by molar-refractivity contribution is -0.139. The molecule has 1 fully saturated rings. The van der Waals surface area contributed by atoms with E-state index in [-0.39, 0.29) is 16.5 Å². The van der Waals surface area contributed by atoms with Crippen molar-refractivity contribution in [3.8, 4) is 28.9 Å². The number of methoxy groups -OCH3 is 2. The van der Waals surface area contributed by atoms with Gasteiger partial charge in [0.2, 0.25) is 5.88 Å². The Morgan fingerprint density at radius 1 is 1.00 bits per heavy atom. The summed E-state index contributed by atoms with van der Waals surface area (Å²) >= 11 is 0. The van der Waals surface area contributed by atoms with Crippen LogP contribution < -0.4 is 29.0 Å². The summed E-state index contributed by atoms with van der Waals surface area (Å²) in [5, 5.41) is 3.05. The summed E-state index contributed by atoms with van der Waals surface area (Å²) in [5.74, 6) is 0.977. The predicted molar refractivity (Wildman–Crippen MR) is 133 cm³/mol. The van der Waals surface area contributed by atoms with E-state index in [1.165, 1.54) is 26.4 Å². The second-order valence-corrected chi connectivity index (χ2v) is 10.4. The number of benzene rings is 2. The Labute approximate surface area is 217 Å². The molecule has 4 rings (SSSR count). The highest BCUT2D eigenvalue weighted by Crippen LogP contribution is 2.40. The van der Waals surface area contributed by atoms with E-state index in [9.17, 15) is 21.6 Å². The number of nitrogens with one attached hydrogen (secondary N) is 2. The molecule has 1 aliphatic heterocycles. The topological polar surface area (TPSA) is 108 Å². The number of sulfonamides is 1. The molecule has 0 spiro atoms. The Kier molecular flexibility index (Phi) is 7.61. The maximum absolute atomic E-state index is 13.6. The Morgan fingerprint density at radius 2 is 1.76 bits per heavy atom. The number of rotatable bonds is 9. The van der Waals surface area contributed by atoms with Crippen LogP contribution in [0.15, 0.2) is 59.6 Å². The van der Waals surface area contributed by atoms with Gasteiger partial charge in [-0.25, -0.2) is 13.4 Å². The monoisotopic (exact) mass is 553 g/mol. The normalized spacial score (nSPS) is 17.6. The zero-order valence-electron chi connectivity index (χ0n) is 20.8. The van der Waals surface area contributed by atoms with Crippen LogP contribution in [0.2, 0.25) is 0 Å². The first-order chi connectivity index (χ1) is 17.9. The lowest BCUT2D eigenvalue weighted by Crippen LogP contribution is -2.35. The minimum atomic E-state index is -4.68. The molecule has 204 valence electrons. The van der Waals surface area contributed by atoms with E-state index in [4.69, 9.17) is 18.9 Å². The lowest BCUT2D eigenvalue weighted by atomic mass is 10.1. The molecule has 3 aromatic rings. The number of pyridine rings is 1. The van der Waals surface area contributed by atoms with E-state index >= 15 is 0 Å². The minimum Gasteiger partial charge on any atom is -0.493 e. The molecule has 13 heteroatoms. The van der Waals surface area contributed by atoms with E-state index in [1.54, 1.807) is 25.1 Å². The molecule has 0 aliphatic carbocycles. The van der Waals surface area contributed by atoms with Crippen molar-refractivity contribution in [2.75, 3.05) is 32.0 Å². The summed E-state index contributed by atoms with van der Waals surface area (Å²) in [6.45, 7) is 2.66. The number of aromatic nitrogens is 1. The molecule has 2 aromatic carbocycles. The highest BCUT2D eigenvalue weighted by Gasteiger charge is 2.38. The number of nitrogens with zero attached hydrogens (tertiary/aromatic N) is 1. The van der Waals surface area contributed by atoms with Gasteiger partial charge in [0.25, 0.3) is 10.0 Å². The Morgan fingerprint density at radius 3 is 2.37 bits per heavy atom. The first-order valence-electron chi connectivity index (χ1n) is 11.4. The van der Waals surface area contributed by atoms with Gasteiger partial charge in [0, 0.05) is 31.2 Å². The molecule has 38 heavy (non-hydrogen) atoms. The predicted octanol–water partition coefficient (Wildman–Crippen LogP) is 4.84. The van der Waals surface area contributed by atoms with Crippen molar-refractivity contribution < 1.29 is 40.5 Å². The van der Waals surface area contributed by atoms with E-state index in [1.807, 2.05) is 0 Å². The lowest BCUT2D eigenvalue weighted by Gasteiger charge is -2.27. The highest BCUT2D eigenvalue weighted by atomic mass is 32.2. The van der Waals surface area contributed by atoms with E-state index in [0.717, 1.165) is 24.4 Å². The third-order valence-electron chi connectivity index (χ3n) is 5.82. The Bertz CT molecular complexity index is 1390. The molecule has 1 saturated heterocycles. The van der Waals surface area contributed by atoms with Gasteiger partial charge >= 0.3 is 6.18 Å². The molecule has 0 unspecified atom stereocenters. The van der Waals surface area contributed by atoms with E-state index < -0.39 is 33.1 Å². The molecule has 1 atom stereocenters. The van der Waals surface area contributed by atoms with Crippen molar-refractivity contribution in [1.29, 1.82) is 0 Å².